The molecule has 8 nitrogen and oxygen atoms in total. The summed E-state index contributed by atoms with van der Waals surface area (Å²) < 4.78 is 15.2. The van der Waals surface area contributed by atoms with E-state index in [0.717, 1.165) is 51.4 Å². The first-order chi connectivity index (χ1) is 14.6. The van der Waals surface area contributed by atoms with Crippen molar-refractivity contribution in [3.05, 3.63) is 0 Å². The van der Waals surface area contributed by atoms with E-state index in [0.29, 0.717) is 13.2 Å². The third-order valence-electron chi connectivity index (χ3n) is 5.47. The van der Waals surface area contributed by atoms with Crippen LogP contribution in [0.3, 0.4) is 0 Å². The van der Waals surface area contributed by atoms with Crippen molar-refractivity contribution < 1.29 is 28.6 Å². The van der Waals surface area contributed by atoms with Crippen LogP contribution in [0.4, 0.5) is 4.79 Å². The van der Waals surface area contributed by atoms with Crippen LogP contribution in [0.2, 0.25) is 0 Å². The van der Waals surface area contributed by atoms with Crippen molar-refractivity contribution in [1.82, 2.24) is 5.32 Å². The lowest BCUT2D eigenvalue weighted by Gasteiger charge is -2.31. The number of ether oxygens (including phenoxy) is 3. The minimum Gasteiger partial charge on any atom is -0.466 e. The summed E-state index contributed by atoms with van der Waals surface area (Å²) in [6.45, 7) is 9.89. The van der Waals surface area contributed by atoms with Gasteiger partial charge >= 0.3 is 18.0 Å². The fourth-order valence-electron chi connectivity index (χ4n) is 4.00. The second-order valence-corrected chi connectivity index (χ2v) is 9.20. The van der Waals surface area contributed by atoms with Crippen molar-refractivity contribution in [2.45, 2.75) is 104 Å². The van der Waals surface area contributed by atoms with E-state index in [2.05, 4.69) is 5.32 Å². The summed E-state index contributed by atoms with van der Waals surface area (Å²) in [7, 11) is 0. The molecule has 2 rings (SSSR count). The summed E-state index contributed by atoms with van der Waals surface area (Å²) in [6, 6.07) is -0.152. The first-order valence-electron chi connectivity index (χ1n) is 11.7. The average molecular weight is 524 g/mol. The topological polar surface area (TPSA) is 117 Å². The first-order valence-corrected chi connectivity index (χ1v) is 11.7. The smallest absolute Gasteiger partial charge is 0.407 e. The Bertz CT molecular complexity index is 581. The maximum atomic E-state index is 11.9. The van der Waals surface area contributed by atoms with Gasteiger partial charge in [0.25, 0.3) is 0 Å². The maximum absolute atomic E-state index is 11.9. The molecule has 9 heteroatoms. The molecule has 2 saturated carbocycles. The maximum Gasteiger partial charge on any atom is 0.407 e. The zero-order valence-electron chi connectivity index (χ0n) is 20.3. The van der Waals surface area contributed by atoms with Crippen molar-refractivity contribution in [2.75, 3.05) is 13.2 Å². The van der Waals surface area contributed by atoms with Crippen LogP contribution in [0.5, 0.6) is 0 Å². The molecule has 0 aromatic carbocycles. The molecule has 2 fully saturated rings. The summed E-state index contributed by atoms with van der Waals surface area (Å²) in [5.41, 5.74) is 5.28. The van der Waals surface area contributed by atoms with E-state index < -0.39 is 11.7 Å². The van der Waals surface area contributed by atoms with Crippen molar-refractivity contribution in [3.63, 3.8) is 0 Å². The molecule has 2 aliphatic rings. The number of esters is 2. The lowest BCUT2D eigenvalue weighted by Crippen LogP contribution is -2.47. The Kier molecular flexibility index (Phi) is 14.8. The predicted molar refractivity (Wildman–Crippen MR) is 129 cm³/mol. The van der Waals surface area contributed by atoms with Gasteiger partial charge in [0.05, 0.1) is 25.0 Å². The number of carbonyl (C=O) groups is 3. The van der Waals surface area contributed by atoms with E-state index in [1.165, 1.54) is 0 Å². The largest absolute Gasteiger partial charge is 0.466 e. The van der Waals surface area contributed by atoms with Crippen LogP contribution in [-0.2, 0) is 23.8 Å². The molecule has 0 aliphatic heterocycles. The van der Waals surface area contributed by atoms with Gasteiger partial charge in [0.2, 0.25) is 0 Å². The van der Waals surface area contributed by atoms with Gasteiger partial charge in [-0.15, -0.1) is 17.0 Å². The van der Waals surface area contributed by atoms with Gasteiger partial charge in [-0.3, -0.25) is 9.59 Å². The summed E-state index contributed by atoms with van der Waals surface area (Å²) in [5.74, 6) is -0.618. The molecule has 1 amide bonds. The molecule has 188 valence electrons. The molecule has 0 bridgehead atoms. The quantitative estimate of drug-likeness (QED) is 0.408. The van der Waals surface area contributed by atoms with Crippen molar-refractivity contribution in [2.24, 2.45) is 17.6 Å². The lowest BCUT2D eigenvalue weighted by molar-refractivity contribution is -0.150. The van der Waals surface area contributed by atoms with E-state index in [4.69, 9.17) is 19.9 Å². The van der Waals surface area contributed by atoms with Crippen molar-refractivity contribution in [3.8, 4) is 0 Å². The molecule has 0 heterocycles. The highest BCUT2D eigenvalue weighted by atomic mass is 79.9. The molecule has 0 unspecified atom stereocenters. The molecule has 0 saturated heterocycles. The summed E-state index contributed by atoms with van der Waals surface area (Å²) in [4.78, 5) is 34.9. The second-order valence-electron chi connectivity index (χ2n) is 9.20. The lowest BCUT2D eigenvalue weighted by atomic mass is 9.84. The minimum atomic E-state index is -0.530. The van der Waals surface area contributed by atoms with E-state index in [9.17, 15) is 14.4 Å². The fraction of sp³-hybridized carbons (Fsp3) is 0.870. The molecule has 0 radical (unpaired) electrons. The zero-order valence-corrected chi connectivity index (χ0v) is 22.0. The normalized spacial score (nSPS) is 25.2. The van der Waals surface area contributed by atoms with Gasteiger partial charge in [-0.2, -0.15) is 0 Å². The Morgan fingerprint density at radius 3 is 1.81 bits per heavy atom. The standard InChI is InChI=1S/C14H25NO4.C9H17NO2.BrH/c1-5-18-12(16)10-8-6-7-9-11(10)15-13(17)19-14(2,3)4;1-2-12-9(11)7-5-3-4-6-8(7)10;/h10-11H,5-9H2,1-4H3,(H,15,17);7-8H,2-6,10H2,1H3;1H/t10-,11+;7-,8+;/m11./s1. The molecular formula is C23H43BrN2O6. The van der Waals surface area contributed by atoms with Gasteiger partial charge in [0.1, 0.15) is 5.60 Å². The number of halogens is 1. The molecule has 4 atom stereocenters. The second kappa shape index (κ2) is 15.5. The fourth-order valence-corrected chi connectivity index (χ4v) is 4.00. The number of hydrogen-bond donors (Lipinski definition) is 2. The van der Waals surface area contributed by atoms with Crippen LogP contribution < -0.4 is 11.1 Å². The van der Waals surface area contributed by atoms with E-state index in [1.807, 2.05) is 27.7 Å². The van der Waals surface area contributed by atoms with Gasteiger partial charge in [-0.25, -0.2) is 4.79 Å². The van der Waals surface area contributed by atoms with Crippen molar-refractivity contribution in [1.29, 1.82) is 0 Å². The summed E-state index contributed by atoms with van der Waals surface area (Å²) in [6.07, 6.45) is 7.22. The predicted octanol–water partition coefficient (Wildman–Crippen LogP) is 4.28. The number of amides is 1. The Labute approximate surface area is 203 Å². The van der Waals surface area contributed by atoms with Crippen LogP contribution in [0.25, 0.3) is 0 Å². The zero-order chi connectivity index (χ0) is 23.4. The van der Waals surface area contributed by atoms with Crippen LogP contribution in [0.15, 0.2) is 0 Å². The van der Waals surface area contributed by atoms with Crippen LogP contribution >= 0.6 is 17.0 Å². The van der Waals surface area contributed by atoms with Crippen molar-refractivity contribution >= 4 is 35.0 Å². The highest BCUT2D eigenvalue weighted by molar-refractivity contribution is 8.93. The van der Waals surface area contributed by atoms with Gasteiger partial charge in [0, 0.05) is 12.1 Å². The first kappa shape index (κ1) is 30.6. The summed E-state index contributed by atoms with van der Waals surface area (Å²) >= 11 is 0. The SMILES string of the molecule is Br.CCOC(=O)[C@@H]1CCCC[C@@H]1N.CCOC(=O)[C@@H]1CCCC[C@@H]1NC(=O)OC(C)(C)C. The Balaban J connectivity index is 0.000000639. The van der Waals surface area contributed by atoms with Crippen LogP contribution in [0.1, 0.15) is 86.0 Å². The number of nitrogens with one attached hydrogen (secondary N) is 1. The number of alkyl carbamates (subject to hydrolysis) is 1. The van der Waals surface area contributed by atoms with Gasteiger partial charge < -0.3 is 25.3 Å². The van der Waals surface area contributed by atoms with Crippen LogP contribution in [0, 0.1) is 11.8 Å². The molecule has 0 aromatic heterocycles. The van der Waals surface area contributed by atoms with Gasteiger partial charge in [-0.05, 0) is 60.3 Å². The van der Waals surface area contributed by atoms with Gasteiger partial charge in [-0.1, -0.05) is 25.7 Å². The van der Waals surface area contributed by atoms with Gasteiger partial charge in [0.15, 0.2) is 0 Å². The third-order valence-corrected chi connectivity index (χ3v) is 5.47. The van der Waals surface area contributed by atoms with Crippen LogP contribution in [-0.4, -0.2) is 48.9 Å². The number of carbonyl (C=O) groups excluding carboxylic acids is 3. The third kappa shape index (κ3) is 11.5. The number of rotatable bonds is 5. The Morgan fingerprint density at radius 2 is 1.31 bits per heavy atom. The molecule has 32 heavy (non-hydrogen) atoms. The van der Waals surface area contributed by atoms with E-state index >= 15 is 0 Å². The number of nitrogens with two attached hydrogens (primary N) is 1. The monoisotopic (exact) mass is 522 g/mol. The number of hydrogen-bond acceptors (Lipinski definition) is 7. The minimum absolute atomic E-state index is 0. The molecular weight excluding hydrogens is 480 g/mol. The molecule has 0 spiro atoms. The summed E-state index contributed by atoms with van der Waals surface area (Å²) in [5, 5.41) is 2.80. The average Bonchev–Trinajstić information content (AvgIpc) is 2.68. The molecule has 3 N–H and O–H groups in total. The Hall–Kier alpha value is -1.35. The molecule has 2 aliphatic carbocycles. The van der Waals surface area contributed by atoms with E-state index in [1.54, 1.807) is 6.92 Å². The molecule has 0 aromatic rings. The highest BCUT2D eigenvalue weighted by Gasteiger charge is 2.34. The Morgan fingerprint density at radius 1 is 0.844 bits per heavy atom. The van der Waals surface area contributed by atoms with E-state index in [-0.39, 0.29) is 52.8 Å². The highest BCUT2D eigenvalue weighted by Crippen LogP contribution is 2.26.